The summed E-state index contributed by atoms with van der Waals surface area (Å²) in [4.78, 5) is 18.0. The highest BCUT2D eigenvalue weighted by atomic mass is 35.5. The van der Waals surface area contributed by atoms with Gasteiger partial charge in [0.05, 0.1) is 22.5 Å². The van der Waals surface area contributed by atoms with Gasteiger partial charge in [-0.15, -0.1) is 11.3 Å². The fourth-order valence-corrected chi connectivity index (χ4v) is 4.00. The highest BCUT2D eigenvalue weighted by Gasteiger charge is 2.25. The third-order valence-corrected chi connectivity index (χ3v) is 5.75. The number of amides is 1. The van der Waals surface area contributed by atoms with Crippen LogP contribution in [-0.4, -0.2) is 24.0 Å². The lowest BCUT2D eigenvalue weighted by molar-refractivity contribution is -0.125. The van der Waals surface area contributed by atoms with E-state index in [4.69, 9.17) is 11.6 Å². The average Bonchev–Trinajstić information content (AvgIpc) is 3.17. The molecule has 0 radical (unpaired) electrons. The molecule has 1 aliphatic rings. The van der Waals surface area contributed by atoms with Crippen LogP contribution in [0.3, 0.4) is 0 Å². The van der Waals surface area contributed by atoms with Gasteiger partial charge in [-0.25, -0.2) is 4.98 Å². The maximum atomic E-state index is 12.3. The van der Waals surface area contributed by atoms with Gasteiger partial charge in [-0.05, 0) is 38.9 Å². The van der Waals surface area contributed by atoms with E-state index in [1.165, 1.54) is 0 Å². The van der Waals surface area contributed by atoms with Gasteiger partial charge in [0, 0.05) is 17.1 Å². The Kier molecular flexibility index (Phi) is 4.99. The summed E-state index contributed by atoms with van der Waals surface area (Å²) in [6, 6.07) is 7.65. The maximum Gasteiger partial charge on any atom is 0.224 e. The molecule has 1 amide bonds. The molecule has 2 atom stereocenters. The summed E-state index contributed by atoms with van der Waals surface area (Å²) in [6.45, 7) is 5.71. The molecule has 2 aromatic rings. The fourth-order valence-electron chi connectivity index (χ4n) is 2.80. The van der Waals surface area contributed by atoms with Crippen LogP contribution in [0.2, 0.25) is 5.02 Å². The van der Waals surface area contributed by atoms with Crippen molar-refractivity contribution in [3.05, 3.63) is 39.9 Å². The number of aromatic nitrogens is 1. The van der Waals surface area contributed by atoms with Gasteiger partial charge in [-0.3, -0.25) is 4.79 Å². The first kappa shape index (κ1) is 16.4. The largest absolute Gasteiger partial charge is 0.348 e. The van der Waals surface area contributed by atoms with Crippen molar-refractivity contribution in [1.29, 1.82) is 0 Å². The normalized spacial score (nSPS) is 18.8. The number of benzene rings is 1. The van der Waals surface area contributed by atoms with Crippen molar-refractivity contribution in [3.8, 4) is 10.6 Å². The number of carbonyl (C=O) groups is 1. The third-order valence-electron chi connectivity index (χ3n) is 4.11. The molecule has 2 heterocycles. The summed E-state index contributed by atoms with van der Waals surface area (Å²) < 4.78 is 0. The van der Waals surface area contributed by atoms with Crippen molar-refractivity contribution in [2.45, 2.75) is 26.3 Å². The molecule has 3 rings (SSSR count). The van der Waals surface area contributed by atoms with E-state index in [9.17, 15) is 4.79 Å². The number of hydrogen-bond acceptors (Lipinski definition) is 4. The minimum atomic E-state index is -0.0262. The Hall–Kier alpha value is -1.43. The molecule has 1 aromatic heterocycles. The Morgan fingerprint density at radius 2 is 2.17 bits per heavy atom. The van der Waals surface area contributed by atoms with Crippen LogP contribution in [0.15, 0.2) is 24.3 Å². The molecule has 0 saturated carbocycles. The number of nitrogens with one attached hydrogen (secondary N) is 2. The monoisotopic (exact) mass is 349 g/mol. The fraction of sp³-hybridized carbons (Fsp3) is 0.412. The highest BCUT2D eigenvalue weighted by Crippen LogP contribution is 2.32. The summed E-state index contributed by atoms with van der Waals surface area (Å²) >= 11 is 7.56. The summed E-state index contributed by atoms with van der Waals surface area (Å²) in [5.74, 6) is 0.213. The van der Waals surface area contributed by atoms with Gasteiger partial charge in [-0.1, -0.05) is 23.7 Å². The van der Waals surface area contributed by atoms with E-state index in [-0.39, 0.29) is 17.9 Å². The van der Waals surface area contributed by atoms with Crippen LogP contribution in [0.5, 0.6) is 0 Å². The second-order valence-electron chi connectivity index (χ2n) is 5.90. The zero-order chi connectivity index (χ0) is 16.4. The van der Waals surface area contributed by atoms with Crippen LogP contribution in [0.1, 0.15) is 30.0 Å². The van der Waals surface area contributed by atoms with Gasteiger partial charge in [-0.2, -0.15) is 0 Å². The minimum Gasteiger partial charge on any atom is -0.348 e. The summed E-state index contributed by atoms with van der Waals surface area (Å²) in [5, 5.41) is 8.02. The number of rotatable bonds is 4. The van der Waals surface area contributed by atoms with Crippen LogP contribution < -0.4 is 10.6 Å². The average molecular weight is 350 g/mol. The number of hydrogen-bond donors (Lipinski definition) is 2. The lowest BCUT2D eigenvalue weighted by Gasteiger charge is -2.15. The van der Waals surface area contributed by atoms with Crippen LogP contribution in [-0.2, 0) is 4.79 Å². The highest BCUT2D eigenvalue weighted by molar-refractivity contribution is 7.15. The molecule has 1 aliphatic heterocycles. The van der Waals surface area contributed by atoms with E-state index >= 15 is 0 Å². The quantitative estimate of drug-likeness (QED) is 0.887. The Labute approximate surface area is 145 Å². The van der Waals surface area contributed by atoms with Gasteiger partial charge in [0.1, 0.15) is 5.01 Å². The zero-order valence-electron chi connectivity index (χ0n) is 13.2. The first-order valence-electron chi connectivity index (χ1n) is 7.79. The van der Waals surface area contributed by atoms with E-state index in [0.717, 1.165) is 40.7 Å². The van der Waals surface area contributed by atoms with Crippen LogP contribution in [0.25, 0.3) is 10.6 Å². The van der Waals surface area contributed by atoms with Crippen molar-refractivity contribution >= 4 is 28.8 Å². The number of halogens is 1. The number of carbonyl (C=O) groups excluding carboxylic acids is 1. The number of thiazole rings is 1. The number of nitrogens with zero attached hydrogens (tertiary/aromatic N) is 1. The van der Waals surface area contributed by atoms with Gasteiger partial charge < -0.3 is 10.6 Å². The smallest absolute Gasteiger partial charge is 0.224 e. The van der Waals surface area contributed by atoms with Gasteiger partial charge in [0.15, 0.2) is 0 Å². The summed E-state index contributed by atoms with van der Waals surface area (Å²) in [5.41, 5.74) is 2.02. The molecule has 6 heteroatoms. The Bertz CT molecular complexity index is 692. The van der Waals surface area contributed by atoms with Crippen LogP contribution >= 0.6 is 22.9 Å². The van der Waals surface area contributed by atoms with Crippen molar-refractivity contribution in [2.24, 2.45) is 5.92 Å². The summed E-state index contributed by atoms with van der Waals surface area (Å²) in [6.07, 6.45) is 0.913. The van der Waals surface area contributed by atoms with E-state index < -0.39 is 0 Å². The Morgan fingerprint density at radius 1 is 1.43 bits per heavy atom. The van der Waals surface area contributed by atoms with E-state index in [1.54, 1.807) is 11.3 Å². The molecule has 0 spiro atoms. The first-order chi connectivity index (χ1) is 11.0. The van der Waals surface area contributed by atoms with Gasteiger partial charge in [0.2, 0.25) is 5.91 Å². The Balaban J connectivity index is 1.74. The molecular weight excluding hydrogens is 330 g/mol. The SMILES string of the molecule is Cc1nc(-c2ccc(Cl)cc2)sc1C(C)NC(=O)C1CCNC1. The van der Waals surface area contributed by atoms with Gasteiger partial charge >= 0.3 is 0 Å². The predicted octanol–water partition coefficient (Wildman–Crippen LogP) is 3.56. The van der Waals surface area contributed by atoms with Gasteiger partial charge in [0.25, 0.3) is 0 Å². The molecule has 0 bridgehead atoms. The predicted molar refractivity (Wildman–Crippen MR) is 94.8 cm³/mol. The minimum absolute atomic E-state index is 0.0262. The molecule has 122 valence electrons. The zero-order valence-corrected chi connectivity index (χ0v) is 14.8. The third kappa shape index (κ3) is 3.74. The van der Waals surface area contributed by atoms with Crippen molar-refractivity contribution in [3.63, 3.8) is 0 Å². The molecule has 2 N–H and O–H groups in total. The molecule has 2 unspecified atom stereocenters. The molecule has 4 nitrogen and oxygen atoms in total. The standard InChI is InChI=1S/C17H20ClN3OS/c1-10(20-16(22)13-7-8-19-9-13)15-11(2)21-17(23-15)12-3-5-14(18)6-4-12/h3-6,10,13,19H,7-9H2,1-2H3,(H,20,22). The molecule has 1 fully saturated rings. The van der Waals surface area contributed by atoms with E-state index in [1.807, 2.05) is 38.1 Å². The van der Waals surface area contributed by atoms with Crippen molar-refractivity contribution in [1.82, 2.24) is 15.6 Å². The van der Waals surface area contributed by atoms with Crippen LogP contribution in [0.4, 0.5) is 0 Å². The number of aryl methyl sites for hydroxylation is 1. The lowest BCUT2D eigenvalue weighted by atomic mass is 10.1. The molecule has 0 aliphatic carbocycles. The molecule has 1 aromatic carbocycles. The first-order valence-corrected chi connectivity index (χ1v) is 8.98. The summed E-state index contributed by atoms with van der Waals surface area (Å²) in [7, 11) is 0. The van der Waals surface area contributed by atoms with E-state index in [2.05, 4.69) is 15.6 Å². The lowest BCUT2D eigenvalue weighted by Crippen LogP contribution is -2.33. The maximum absolute atomic E-state index is 12.3. The van der Waals surface area contributed by atoms with Crippen molar-refractivity contribution in [2.75, 3.05) is 13.1 Å². The Morgan fingerprint density at radius 3 is 2.83 bits per heavy atom. The van der Waals surface area contributed by atoms with E-state index in [0.29, 0.717) is 5.02 Å². The topological polar surface area (TPSA) is 54.0 Å². The molecular formula is C17H20ClN3OS. The van der Waals surface area contributed by atoms with Crippen LogP contribution in [0, 0.1) is 12.8 Å². The molecule has 23 heavy (non-hydrogen) atoms. The molecule has 1 saturated heterocycles. The second kappa shape index (κ2) is 6.99. The second-order valence-corrected chi connectivity index (χ2v) is 7.36. The van der Waals surface area contributed by atoms with Crippen molar-refractivity contribution < 1.29 is 4.79 Å².